The number of hydrogen-bond donors (Lipinski definition) is 1. The molecule has 1 aromatic carbocycles. The quantitative estimate of drug-likeness (QED) is 0.910. The van der Waals surface area contributed by atoms with Crippen molar-refractivity contribution in [2.24, 2.45) is 0 Å². The molecule has 0 aliphatic heterocycles. The van der Waals surface area contributed by atoms with Crippen molar-refractivity contribution in [1.82, 2.24) is 10.2 Å². The molecule has 2 rings (SSSR count). The fraction of sp³-hybridized carbons (Fsp3) is 0.357. The Morgan fingerprint density at radius 1 is 1.33 bits per heavy atom. The summed E-state index contributed by atoms with van der Waals surface area (Å²) in [6.45, 7) is 5.72. The fourth-order valence-corrected chi connectivity index (χ4v) is 2.45. The summed E-state index contributed by atoms with van der Waals surface area (Å²) in [4.78, 5) is 12.1. The minimum absolute atomic E-state index is 0.276. The van der Waals surface area contributed by atoms with E-state index in [-0.39, 0.29) is 11.8 Å². The predicted octanol–water partition coefficient (Wildman–Crippen LogP) is 3.72. The Hall–Kier alpha value is -1.66. The molecule has 0 aliphatic carbocycles. The zero-order valence-corrected chi connectivity index (χ0v) is 13.5. The maximum Gasteiger partial charge on any atom is 0.266 e. The number of nitrogens with one attached hydrogen (secondary N) is 1. The van der Waals surface area contributed by atoms with Crippen molar-refractivity contribution in [3.05, 3.63) is 34.3 Å². The van der Waals surface area contributed by atoms with Gasteiger partial charge >= 0.3 is 0 Å². The van der Waals surface area contributed by atoms with Crippen LogP contribution in [-0.4, -0.2) is 22.2 Å². The van der Waals surface area contributed by atoms with E-state index in [9.17, 15) is 4.79 Å². The van der Waals surface area contributed by atoms with Gasteiger partial charge < -0.3 is 4.74 Å². The third-order valence-electron chi connectivity index (χ3n) is 2.64. The topological polar surface area (TPSA) is 64.1 Å². The number of benzene rings is 1. The van der Waals surface area contributed by atoms with Crippen LogP contribution in [-0.2, 0) is 4.79 Å². The van der Waals surface area contributed by atoms with Gasteiger partial charge in [0.1, 0.15) is 10.8 Å². The van der Waals surface area contributed by atoms with Gasteiger partial charge in [-0.3, -0.25) is 10.1 Å². The van der Waals surface area contributed by atoms with Gasteiger partial charge in [-0.2, -0.15) is 0 Å². The van der Waals surface area contributed by atoms with E-state index in [4.69, 9.17) is 16.3 Å². The normalized spacial score (nSPS) is 12.2. The molecule has 0 saturated heterocycles. The largest absolute Gasteiger partial charge is 0.481 e. The molecule has 21 heavy (non-hydrogen) atoms. The number of halogens is 1. The Bertz CT molecular complexity index is 630. The van der Waals surface area contributed by atoms with Crippen LogP contribution in [0.25, 0.3) is 0 Å². The number of anilines is 1. The first kappa shape index (κ1) is 15.7. The third-order valence-corrected chi connectivity index (χ3v) is 4.02. The van der Waals surface area contributed by atoms with E-state index in [1.165, 1.54) is 11.3 Å². The van der Waals surface area contributed by atoms with Gasteiger partial charge in [0, 0.05) is 10.9 Å². The number of nitrogens with zero attached hydrogens (tertiary/aromatic N) is 2. The summed E-state index contributed by atoms with van der Waals surface area (Å²) in [5.74, 6) is 0.556. The van der Waals surface area contributed by atoms with Crippen molar-refractivity contribution < 1.29 is 9.53 Å². The molecule has 7 heteroatoms. The van der Waals surface area contributed by atoms with Gasteiger partial charge in [-0.25, -0.2) is 0 Å². The third kappa shape index (κ3) is 4.41. The van der Waals surface area contributed by atoms with E-state index in [1.54, 1.807) is 31.2 Å². The lowest BCUT2D eigenvalue weighted by atomic mass is 10.2. The Kier molecular flexibility index (Phi) is 5.14. The van der Waals surface area contributed by atoms with E-state index < -0.39 is 6.10 Å². The molecule has 1 heterocycles. The minimum Gasteiger partial charge on any atom is -0.481 e. The van der Waals surface area contributed by atoms with Crippen molar-refractivity contribution in [1.29, 1.82) is 0 Å². The van der Waals surface area contributed by atoms with Gasteiger partial charge in [0.2, 0.25) is 5.13 Å². The Labute approximate surface area is 132 Å². The Morgan fingerprint density at radius 2 is 2.10 bits per heavy atom. The second kappa shape index (κ2) is 6.87. The van der Waals surface area contributed by atoms with E-state index in [2.05, 4.69) is 15.5 Å². The molecule has 5 nitrogen and oxygen atoms in total. The molecule has 1 N–H and O–H groups in total. The maximum absolute atomic E-state index is 12.1. The summed E-state index contributed by atoms with van der Waals surface area (Å²) >= 11 is 7.24. The molecule has 1 atom stereocenters. The molecular weight excluding hydrogens is 310 g/mol. The van der Waals surface area contributed by atoms with Crippen LogP contribution in [0.4, 0.5) is 5.13 Å². The van der Waals surface area contributed by atoms with Crippen LogP contribution in [0.1, 0.15) is 31.7 Å². The second-order valence-corrected chi connectivity index (χ2v) is 6.25. The van der Waals surface area contributed by atoms with Crippen molar-refractivity contribution in [2.45, 2.75) is 32.8 Å². The summed E-state index contributed by atoms with van der Waals surface area (Å²) in [5.41, 5.74) is 0. The molecule has 1 amide bonds. The molecule has 112 valence electrons. The lowest BCUT2D eigenvalue weighted by molar-refractivity contribution is -0.122. The van der Waals surface area contributed by atoms with E-state index in [0.717, 1.165) is 5.01 Å². The number of aromatic nitrogens is 2. The monoisotopic (exact) mass is 325 g/mol. The zero-order chi connectivity index (χ0) is 15.4. The summed E-state index contributed by atoms with van der Waals surface area (Å²) in [5, 5.41) is 12.6. The second-order valence-electron chi connectivity index (χ2n) is 4.81. The maximum atomic E-state index is 12.1. The van der Waals surface area contributed by atoms with Crippen molar-refractivity contribution in [3.8, 4) is 5.75 Å². The smallest absolute Gasteiger partial charge is 0.266 e. The number of rotatable bonds is 5. The molecule has 1 aromatic heterocycles. The minimum atomic E-state index is -0.658. The highest BCUT2D eigenvalue weighted by Crippen LogP contribution is 2.23. The molecule has 0 bridgehead atoms. The van der Waals surface area contributed by atoms with Crippen molar-refractivity contribution >= 4 is 34.0 Å². The number of ether oxygens (including phenoxy) is 1. The first-order valence-corrected chi connectivity index (χ1v) is 7.71. The molecule has 0 spiro atoms. The standard InChI is InChI=1S/C14H16ClN3O2S/c1-8(2)13-17-18-14(21-13)16-12(19)9(3)20-11-6-4-5-10(15)7-11/h4-9H,1-3H3,(H,16,18,19)/t9-/m0/s1. The van der Waals surface area contributed by atoms with Gasteiger partial charge in [-0.05, 0) is 25.1 Å². The number of amides is 1. The van der Waals surface area contributed by atoms with Gasteiger partial charge in [0.15, 0.2) is 6.10 Å². The zero-order valence-electron chi connectivity index (χ0n) is 12.0. The molecule has 0 radical (unpaired) electrons. The van der Waals surface area contributed by atoms with Gasteiger partial charge in [-0.15, -0.1) is 10.2 Å². The number of hydrogen-bond acceptors (Lipinski definition) is 5. The summed E-state index contributed by atoms with van der Waals surface area (Å²) in [6.07, 6.45) is -0.658. The molecule has 2 aromatic rings. The lowest BCUT2D eigenvalue weighted by Crippen LogP contribution is -2.30. The molecular formula is C14H16ClN3O2S. The summed E-state index contributed by atoms with van der Waals surface area (Å²) < 4.78 is 5.54. The molecule has 0 aliphatic rings. The van der Waals surface area contributed by atoms with Crippen LogP contribution < -0.4 is 10.1 Å². The highest BCUT2D eigenvalue weighted by atomic mass is 35.5. The Morgan fingerprint density at radius 3 is 2.71 bits per heavy atom. The average molecular weight is 326 g/mol. The van der Waals surface area contributed by atoms with E-state index in [1.807, 2.05) is 13.8 Å². The number of carbonyl (C=O) groups excluding carboxylic acids is 1. The van der Waals surface area contributed by atoms with Crippen LogP contribution in [0.5, 0.6) is 5.75 Å². The SMILES string of the molecule is CC(C)c1nnc(NC(=O)[C@H](C)Oc2cccc(Cl)c2)s1. The highest BCUT2D eigenvalue weighted by molar-refractivity contribution is 7.15. The Balaban J connectivity index is 1.95. The molecule has 0 unspecified atom stereocenters. The van der Waals surface area contributed by atoms with Crippen molar-refractivity contribution in [2.75, 3.05) is 5.32 Å². The summed E-state index contributed by atoms with van der Waals surface area (Å²) in [7, 11) is 0. The molecule has 0 fully saturated rings. The first-order valence-electron chi connectivity index (χ1n) is 6.52. The van der Waals surface area contributed by atoms with Crippen LogP contribution >= 0.6 is 22.9 Å². The van der Waals surface area contributed by atoms with Gasteiger partial charge in [-0.1, -0.05) is 42.9 Å². The lowest BCUT2D eigenvalue weighted by Gasteiger charge is -2.13. The fourth-order valence-electron chi connectivity index (χ4n) is 1.52. The summed E-state index contributed by atoms with van der Waals surface area (Å²) in [6, 6.07) is 6.92. The van der Waals surface area contributed by atoms with Crippen LogP contribution in [0.3, 0.4) is 0 Å². The number of carbonyl (C=O) groups is 1. The van der Waals surface area contributed by atoms with Crippen LogP contribution in [0, 0.1) is 0 Å². The van der Waals surface area contributed by atoms with Crippen molar-refractivity contribution in [3.63, 3.8) is 0 Å². The first-order chi connectivity index (χ1) is 9.95. The van der Waals surface area contributed by atoms with E-state index in [0.29, 0.717) is 15.9 Å². The average Bonchev–Trinajstić information content (AvgIpc) is 2.87. The highest BCUT2D eigenvalue weighted by Gasteiger charge is 2.17. The van der Waals surface area contributed by atoms with E-state index >= 15 is 0 Å². The predicted molar refractivity (Wildman–Crippen MR) is 84.2 cm³/mol. The van der Waals surface area contributed by atoms with Gasteiger partial charge in [0.05, 0.1) is 0 Å². The van der Waals surface area contributed by atoms with Gasteiger partial charge in [0.25, 0.3) is 5.91 Å². The molecule has 0 saturated carbocycles. The van der Waals surface area contributed by atoms with Crippen LogP contribution in [0.2, 0.25) is 5.02 Å². The van der Waals surface area contributed by atoms with Crippen LogP contribution in [0.15, 0.2) is 24.3 Å².